The Labute approximate surface area is 194 Å². The first kappa shape index (κ1) is 19.9. The van der Waals surface area contributed by atoms with Gasteiger partial charge in [-0.2, -0.15) is 0 Å². The van der Waals surface area contributed by atoms with E-state index in [4.69, 9.17) is 4.98 Å². The van der Waals surface area contributed by atoms with Gasteiger partial charge < -0.3 is 0 Å². The molecule has 1 aliphatic carbocycles. The minimum Gasteiger partial charge on any atom is -0.247 e. The number of hydrogen-bond donors (Lipinski definition) is 0. The average molecular weight is 436 g/mol. The smallest absolute Gasteiger partial charge is 0.0803 e. The highest BCUT2D eigenvalue weighted by atomic mass is 32.1. The van der Waals surface area contributed by atoms with E-state index < -0.39 is 0 Å². The number of fused-ring (bicyclic) bond motifs is 5. The van der Waals surface area contributed by atoms with Gasteiger partial charge in [-0.3, -0.25) is 0 Å². The monoisotopic (exact) mass is 435 g/mol. The molecule has 2 aromatic heterocycles. The van der Waals surface area contributed by atoms with E-state index in [2.05, 4.69) is 96.1 Å². The number of para-hydroxylation sites is 1. The maximum Gasteiger partial charge on any atom is 0.0803 e. The molecule has 0 saturated heterocycles. The maximum absolute atomic E-state index is 5.31. The van der Waals surface area contributed by atoms with Gasteiger partial charge in [-0.05, 0) is 58.4 Å². The van der Waals surface area contributed by atoms with Crippen LogP contribution in [0.5, 0.6) is 0 Å². The van der Waals surface area contributed by atoms with Crippen LogP contribution in [0.3, 0.4) is 0 Å². The zero-order valence-corrected chi connectivity index (χ0v) is 20.6. The minimum absolute atomic E-state index is 0.0700. The molecule has 5 aromatic rings. The third kappa shape index (κ3) is 2.65. The fourth-order valence-electron chi connectivity index (χ4n) is 5.94. The molecule has 1 aliphatic rings. The van der Waals surface area contributed by atoms with Crippen LogP contribution in [0.4, 0.5) is 0 Å². The van der Waals surface area contributed by atoms with Crippen LogP contribution >= 0.6 is 11.3 Å². The first-order valence-corrected chi connectivity index (χ1v) is 12.4. The lowest BCUT2D eigenvalue weighted by Crippen LogP contribution is -2.26. The zero-order valence-electron chi connectivity index (χ0n) is 19.8. The molecule has 0 fully saturated rings. The van der Waals surface area contributed by atoms with Crippen molar-refractivity contribution >= 4 is 43.1 Å². The van der Waals surface area contributed by atoms with Gasteiger partial charge in [-0.1, -0.05) is 77.1 Å². The summed E-state index contributed by atoms with van der Waals surface area (Å²) in [6, 6.07) is 19.9. The quantitative estimate of drug-likeness (QED) is 0.256. The Hall–Kier alpha value is -2.71. The van der Waals surface area contributed by atoms with Crippen molar-refractivity contribution in [3.63, 3.8) is 0 Å². The fourth-order valence-corrected chi connectivity index (χ4v) is 7.74. The van der Waals surface area contributed by atoms with Gasteiger partial charge in [0.25, 0.3) is 0 Å². The normalized spacial score (nSPS) is 14.9. The molecule has 3 aromatic carbocycles. The van der Waals surface area contributed by atoms with Crippen molar-refractivity contribution in [2.45, 2.75) is 53.4 Å². The van der Waals surface area contributed by atoms with E-state index in [0.29, 0.717) is 0 Å². The second-order valence-electron chi connectivity index (χ2n) is 11.1. The zero-order chi connectivity index (χ0) is 22.4. The van der Waals surface area contributed by atoms with E-state index >= 15 is 0 Å². The van der Waals surface area contributed by atoms with Gasteiger partial charge in [-0.15, -0.1) is 11.3 Å². The van der Waals surface area contributed by atoms with Crippen LogP contribution in [0.1, 0.15) is 56.2 Å². The summed E-state index contributed by atoms with van der Waals surface area (Å²) in [7, 11) is 0. The molecule has 1 nitrogen and oxygen atoms in total. The number of aromatic nitrogens is 1. The van der Waals surface area contributed by atoms with E-state index in [0.717, 1.165) is 11.9 Å². The molecular weight excluding hydrogens is 406 g/mol. The van der Waals surface area contributed by atoms with Gasteiger partial charge in [0.05, 0.1) is 11.2 Å². The summed E-state index contributed by atoms with van der Waals surface area (Å²) >= 11 is 2.00. The summed E-state index contributed by atoms with van der Waals surface area (Å²) in [5.74, 6) is 0. The Kier molecular flexibility index (Phi) is 4.00. The topological polar surface area (TPSA) is 12.9 Å². The van der Waals surface area contributed by atoms with Gasteiger partial charge in [0.15, 0.2) is 0 Å². The molecule has 2 heteroatoms. The van der Waals surface area contributed by atoms with E-state index in [9.17, 15) is 0 Å². The maximum atomic E-state index is 5.31. The van der Waals surface area contributed by atoms with Crippen LogP contribution in [-0.4, -0.2) is 4.98 Å². The third-order valence-corrected chi connectivity index (χ3v) is 8.33. The standard InChI is InChI=1S/C30H29NS/c1-17-19-12-8-7-11-18(19)15-21-25(17)30(5,6)26-23(16-29(2,3)4)32-28-20-13-9-10-14-22(20)31-27(21)24(26)28/h7-15H,16H2,1-6H3. The Morgan fingerprint density at radius 1 is 0.906 bits per heavy atom. The number of benzene rings is 3. The molecular formula is C30H29NS. The van der Waals surface area contributed by atoms with Gasteiger partial charge in [0, 0.05) is 31.3 Å². The van der Waals surface area contributed by atoms with Crippen LogP contribution in [0, 0.1) is 12.3 Å². The third-order valence-electron chi connectivity index (χ3n) is 7.10. The Bertz CT molecular complexity index is 1560. The van der Waals surface area contributed by atoms with Crippen LogP contribution in [0.2, 0.25) is 0 Å². The van der Waals surface area contributed by atoms with Crippen LogP contribution in [-0.2, 0) is 11.8 Å². The number of pyridine rings is 1. The Morgan fingerprint density at radius 3 is 2.34 bits per heavy atom. The molecule has 32 heavy (non-hydrogen) atoms. The molecule has 2 heterocycles. The van der Waals surface area contributed by atoms with Crippen molar-refractivity contribution in [1.29, 1.82) is 0 Å². The SMILES string of the molecule is Cc1c2c(cc3ccccc13)-c1nc3ccccc3c3sc(CC(C)(C)C)c(c13)C2(C)C. The largest absolute Gasteiger partial charge is 0.247 e. The molecule has 0 radical (unpaired) electrons. The predicted molar refractivity (Wildman–Crippen MR) is 140 cm³/mol. The highest BCUT2D eigenvalue weighted by Crippen LogP contribution is 2.55. The van der Waals surface area contributed by atoms with Crippen molar-refractivity contribution < 1.29 is 0 Å². The summed E-state index contributed by atoms with van der Waals surface area (Å²) in [4.78, 5) is 6.83. The molecule has 160 valence electrons. The highest BCUT2D eigenvalue weighted by molar-refractivity contribution is 7.20. The predicted octanol–water partition coefficient (Wildman–Crippen LogP) is 8.81. The van der Waals surface area contributed by atoms with E-state index in [-0.39, 0.29) is 10.8 Å². The molecule has 0 atom stereocenters. The molecule has 0 spiro atoms. The first-order valence-electron chi connectivity index (χ1n) is 11.5. The number of thiophene rings is 1. The van der Waals surface area contributed by atoms with Crippen molar-refractivity contribution in [1.82, 2.24) is 4.98 Å². The number of hydrogen-bond acceptors (Lipinski definition) is 2. The molecule has 0 bridgehead atoms. The lowest BCUT2D eigenvalue weighted by molar-refractivity contribution is 0.411. The summed E-state index contributed by atoms with van der Waals surface area (Å²) in [6.45, 7) is 14.2. The van der Waals surface area contributed by atoms with Crippen LogP contribution in [0.15, 0.2) is 54.6 Å². The van der Waals surface area contributed by atoms with Crippen molar-refractivity contribution in [2.24, 2.45) is 5.41 Å². The van der Waals surface area contributed by atoms with E-state index in [1.54, 1.807) is 0 Å². The number of aryl methyl sites for hydroxylation is 1. The summed E-state index contributed by atoms with van der Waals surface area (Å²) in [5, 5.41) is 5.33. The van der Waals surface area contributed by atoms with Gasteiger partial charge in [0.1, 0.15) is 0 Å². The minimum atomic E-state index is -0.0700. The fraction of sp³-hybridized carbons (Fsp3) is 0.300. The van der Waals surface area contributed by atoms with Gasteiger partial charge in [0.2, 0.25) is 0 Å². The van der Waals surface area contributed by atoms with Crippen molar-refractivity contribution in [2.75, 3.05) is 0 Å². The molecule has 0 saturated carbocycles. The number of nitrogens with zero attached hydrogens (tertiary/aromatic N) is 1. The number of rotatable bonds is 1. The van der Waals surface area contributed by atoms with Crippen LogP contribution < -0.4 is 0 Å². The second kappa shape index (κ2) is 6.42. The van der Waals surface area contributed by atoms with E-state index in [1.165, 1.54) is 59.1 Å². The average Bonchev–Trinajstić information content (AvgIpc) is 3.10. The highest BCUT2D eigenvalue weighted by Gasteiger charge is 2.40. The van der Waals surface area contributed by atoms with Crippen LogP contribution in [0.25, 0.3) is 43.0 Å². The molecule has 0 aliphatic heterocycles. The van der Waals surface area contributed by atoms with Crippen molar-refractivity contribution in [3.05, 3.63) is 76.2 Å². The Balaban J connectivity index is 1.85. The van der Waals surface area contributed by atoms with Gasteiger partial charge in [-0.25, -0.2) is 4.98 Å². The summed E-state index contributed by atoms with van der Waals surface area (Å²) in [5.41, 5.74) is 8.09. The Morgan fingerprint density at radius 2 is 1.59 bits per heavy atom. The molecule has 0 unspecified atom stereocenters. The lowest BCUT2D eigenvalue weighted by Gasteiger charge is -2.36. The van der Waals surface area contributed by atoms with E-state index in [1.807, 2.05) is 11.3 Å². The second-order valence-corrected chi connectivity index (χ2v) is 12.2. The molecule has 0 amide bonds. The first-order chi connectivity index (χ1) is 15.2. The summed E-state index contributed by atoms with van der Waals surface area (Å²) < 4.78 is 1.41. The van der Waals surface area contributed by atoms with Gasteiger partial charge >= 0.3 is 0 Å². The van der Waals surface area contributed by atoms with Crippen molar-refractivity contribution in [3.8, 4) is 11.3 Å². The summed E-state index contributed by atoms with van der Waals surface area (Å²) in [6.07, 6.45) is 1.08. The molecule has 6 rings (SSSR count). The lowest BCUT2D eigenvalue weighted by atomic mass is 9.67. The molecule has 0 N–H and O–H groups in total.